The van der Waals surface area contributed by atoms with Gasteiger partial charge in [-0.25, -0.2) is 0 Å². The Morgan fingerprint density at radius 3 is 2.68 bits per heavy atom. The molecule has 19 heavy (non-hydrogen) atoms. The van der Waals surface area contributed by atoms with Gasteiger partial charge in [-0.1, -0.05) is 6.07 Å². The molecule has 1 aliphatic carbocycles. The molecule has 0 radical (unpaired) electrons. The Labute approximate surface area is 112 Å². The van der Waals surface area contributed by atoms with E-state index >= 15 is 0 Å². The Morgan fingerprint density at radius 2 is 1.95 bits per heavy atom. The first-order chi connectivity index (χ1) is 9.26. The summed E-state index contributed by atoms with van der Waals surface area (Å²) in [6.07, 6.45) is 2.15. The highest BCUT2D eigenvalue weighted by atomic mass is 14.9. The van der Waals surface area contributed by atoms with Crippen LogP contribution in [0.4, 0.5) is 11.4 Å². The molecule has 0 saturated carbocycles. The number of hydrogen-bond donors (Lipinski definition) is 2. The molecule has 3 rings (SSSR count). The number of nitrogen functional groups attached to an aromatic ring is 1. The number of hydrogen-bond acceptors (Lipinski definition) is 3. The third-order valence-electron chi connectivity index (χ3n) is 3.60. The van der Waals surface area contributed by atoms with Crippen molar-refractivity contribution < 1.29 is 0 Å². The van der Waals surface area contributed by atoms with E-state index in [9.17, 15) is 0 Å². The van der Waals surface area contributed by atoms with E-state index in [1.165, 1.54) is 11.1 Å². The first kappa shape index (κ1) is 11.6. The molecule has 3 heteroatoms. The lowest BCUT2D eigenvalue weighted by Crippen LogP contribution is -2.07. The summed E-state index contributed by atoms with van der Waals surface area (Å²) in [5.74, 6) is 0. The van der Waals surface area contributed by atoms with Crippen molar-refractivity contribution in [3.05, 3.63) is 59.2 Å². The van der Waals surface area contributed by atoms with Crippen LogP contribution in [0.3, 0.4) is 0 Å². The minimum atomic E-state index is 0.337. The predicted molar refractivity (Wildman–Crippen MR) is 76.7 cm³/mol. The van der Waals surface area contributed by atoms with Crippen LogP contribution >= 0.6 is 0 Å². The lowest BCUT2D eigenvalue weighted by Gasteiger charge is -2.15. The fourth-order valence-corrected chi connectivity index (χ4v) is 2.63. The molecule has 0 spiro atoms. The zero-order valence-electron chi connectivity index (χ0n) is 10.6. The topological polar surface area (TPSA) is 61.8 Å². The Bertz CT molecular complexity index is 638. The molecule has 2 aromatic carbocycles. The van der Waals surface area contributed by atoms with E-state index in [4.69, 9.17) is 11.0 Å². The van der Waals surface area contributed by atoms with Gasteiger partial charge in [0.25, 0.3) is 0 Å². The number of benzene rings is 2. The number of nitrogens with zero attached hydrogens (tertiary/aromatic N) is 1. The fourth-order valence-electron chi connectivity index (χ4n) is 2.63. The number of fused-ring (bicyclic) bond motifs is 1. The first-order valence-corrected chi connectivity index (χ1v) is 6.41. The van der Waals surface area contributed by atoms with Crippen molar-refractivity contribution in [3.63, 3.8) is 0 Å². The first-order valence-electron chi connectivity index (χ1n) is 6.41. The Kier molecular flexibility index (Phi) is 2.85. The number of rotatable bonds is 2. The summed E-state index contributed by atoms with van der Waals surface area (Å²) in [5, 5.41) is 12.3. The Morgan fingerprint density at radius 1 is 1.16 bits per heavy atom. The van der Waals surface area contributed by atoms with Crippen molar-refractivity contribution in [1.29, 1.82) is 5.26 Å². The number of anilines is 2. The molecular weight excluding hydrogens is 234 g/mol. The molecule has 3 N–H and O–H groups in total. The van der Waals surface area contributed by atoms with Gasteiger partial charge in [0.15, 0.2) is 0 Å². The molecule has 0 aliphatic heterocycles. The van der Waals surface area contributed by atoms with E-state index in [1.807, 2.05) is 30.3 Å². The smallest absolute Gasteiger partial charge is 0.0991 e. The van der Waals surface area contributed by atoms with E-state index < -0.39 is 0 Å². The molecule has 0 aromatic heterocycles. The summed E-state index contributed by atoms with van der Waals surface area (Å²) in [6.45, 7) is 0. The van der Waals surface area contributed by atoms with E-state index in [0.29, 0.717) is 11.6 Å². The van der Waals surface area contributed by atoms with Gasteiger partial charge >= 0.3 is 0 Å². The van der Waals surface area contributed by atoms with Crippen LogP contribution in [0.15, 0.2) is 42.5 Å². The lowest BCUT2D eigenvalue weighted by atomic mass is 10.1. The predicted octanol–water partition coefficient (Wildman–Crippen LogP) is 3.24. The van der Waals surface area contributed by atoms with Crippen LogP contribution in [0.1, 0.15) is 29.2 Å². The molecule has 0 fully saturated rings. The van der Waals surface area contributed by atoms with Gasteiger partial charge in [-0.3, -0.25) is 0 Å². The van der Waals surface area contributed by atoms with Gasteiger partial charge in [0, 0.05) is 11.4 Å². The van der Waals surface area contributed by atoms with Crippen LogP contribution in [0.5, 0.6) is 0 Å². The van der Waals surface area contributed by atoms with Crippen LogP contribution in [-0.4, -0.2) is 0 Å². The zero-order valence-corrected chi connectivity index (χ0v) is 10.6. The van der Waals surface area contributed by atoms with Gasteiger partial charge in [0.05, 0.1) is 17.7 Å². The SMILES string of the molecule is N#Cc1ccc(NC2CCc3cc(N)ccc32)cc1. The third-order valence-corrected chi connectivity index (χ3v) is 3.60. The van der Waals surface area contributed by atoms with Gasteiger partial charge in [-0.2, -0.15) is 5.26 Å². The van der Waals surface area contributed by atoms with Gasteiger partial charge < -0.3 is 11.1 Å². The molecule has 0 bridgehead atoms. The zero-order chi connectivity index (χ0) is 13.2. The van der Waals surface area contributed by atoms with Gasteiger partial charge in [0.2, 0.25) is 0 Å². The summed E-state index contributed by atoms with van der Waals surface area (Å²) < 4.78 is 0. The van der Waals surface area contributed by atoms with Gasteiger partial charge in [-0.15, -0.1) is 0 Å². The van der Waals surface area contributed by atoms with Crippen LogP contribution in [0, 0.1) is 11.3 Å². The second-order valence-corrected chi connectivity index (χ2v) is 4.88. The van der Waals surface area contributed by atoms with Crippen molar-refractivity contribution in [1.82, 2.24) is 0 Å². The van der Waals surface area contributed by atoms with Gasteiger partial charge in [-0.05, 0) is 60.4 Å². The highest BCUT2D eigenvalue weighted by molar-refractivity contribution is 5.53. The minimum Gasteiger partial charge on any atom is -0.399 e. The molecule has 94 valence electrons. The fraction of sp³-hybridized carbons (Fsp3) is 0.188. The van der Waals surface area contributed by atoms with Crippen molar-refractivity contribution >= 4 is 11.4 Å². The van der Waals surface area contributed by atoms with Crippen LogP contribution in [-0.2, 0) is 6.42 Å². The molecule has 3 nitrogen and oxygen atoms in total. The van der Waals surface area contributed by atoms with Gasteiger partial charge in [0.1, 0.15) is 0 Å². The second-order valence-electron chi connectivity index (χ2n) is 4.88. The maximum absolute atomic E-state index is 8.79. The molecule has 1 unspecified atom stereocenters. The third kappa shape index (κ3) is 2.25. The lowest BCUT2D eigenvalue weighted by molar-refractivity contribution is 0.762. The van der Waals surface area contributed by atoms with Crippen LogP contribution in [0.25, 0.3) is 0 Å². The molecule has 0 amide bonds. The number of nitrogens with one attached hydrogen (secondary N) is 1. The maximum atomic E-state index is 8.79. The summed E-state index contributed by atoms with van der Waals surface area (Å²) >= 11 is 0. The Balaban J connectivity index is 1.80. The van der Waals surface area contributed by atoms with Crippen LogP contribution < -0.4 is 11.1 Å². The quantitative estimate of drug-likeness (QED) is 0.803. The molecular formula is C16H15N3. The summed E-state index contributed by atoms with van der Waals surface area (Å²) in [5.41, 5.74) is 11.0. The number of aryl methyl sites for hydroxylation is 1. The maximum Gasteiger partial charge on any atom is 0.0991 e. The van der Waals surface area contributed by atoms with E-state index in [0.717, 1.165) is 24.2 Å². The molecule has 1 aliphatic rings. The standard InChI is InChI=1S/C16H15N3/c17-10-11-1-5-14(6-2-11)19-16-8-3-12-9-13(18)4-7-15(12)16/h1-2,4-7,9,16,19H,3,8,18H2. The molecule has 1 atom stereocenters. The average molecular weight is 249 g/mol. The van der Waals surface area contributed by atoms with Crippen molar-refractivity contribution in [3.8, 4) is 6.07 Å². The monoisotopic (exact) mass is 249 g/mol. The van der Waals surface area contributed by atoms with E-state index in [2.05, 4.69) is 23.5 Å². The normalized spacial score (nSPS) is 16.7. The summed E-state index contributed by atoms with van der Waals surface area (Å²) in [4.78, 5) is 0. The Hall–Kier alpha value is -2.47. The highest BCUT2D eigenvalue weighted by Gasteiger charge is 2.22. The van der Waals surface area contributed by atoms with E-state index in [-0.39, 0.29) is 0 Å². The van der Waals surface area contributed by atoms with Crippen molar-refractivity contribution in [2.75, 3.05) is 11.1 Å². The molecule has 0 heterocycles. The highest BCUT2D eigenvalue weighted by Crippen LogP contribution is 2.34. The summed E-state index contributed by atoms with van der Waals surface area (Å²) in [6, 6.07) is 16.2. The van der Waals surface area contributed by atoms with Crippen LogP contribution in [0.2, 0.25) is 0 Å². The minimum absolute atomic E-state index is 0.337. The van der Waals surface area contributed by atoms with Crippen molar-refractivity contribution in [2.45, 2.75) is 18.9 Å². The summed E-state index contributed by atoms with van der Waals surface area (Å²) in [7, 11) is 0. The second kappa shape index (κ2) is 4.66. The number of nitriles is 1. The average Bonchev–Trinajstić information content (AvgIpc) is 2.82. The molecule has 0 saturated heterocycles. The van der Waals surface area contributed by atoms with E-state index in [1.54, 1.807) is 0 Å². The largest absolute Gasteiger partial charge is 0.399 e. The number of nitrogens with two attached hydrogens (primary N) is 1. The molecule has 2 aromatic rings. The van der Waals surface area contributed by atoms with Crippen molar-refractivity contribution in [2.24, 2.45) is 0 Å².